The summed E-state index contributed by atoms with van der Waals surface area (Å²) in [6.45, 7) is 8.35. The Labute approximate surface area is 205 Å². The molecule has 0 aliphatic rings. The highest BCUT2D eigenvalue weighted by molar-refractivity contribution is 5.96. The van der Waals surface area contributed by atoms with E-state index in [0.717, 1.165) is 19.3 Å². The first kappa shape index (κ1) is 32.6. The van der Waals surface area contributed by atoms with Crippen molar-refractivity contribution in [2.45, 2.75) is 115 Å². The molecule has 10 heteroatoms. The Morgan fingerprint density at radius 1 is 0.676 bits per heavy atom. The fourth-order valence-electron chi connectivity index (χ4n) is 4.06. The number of nitrogens with one attached hydrogen (secondary N) is 2. The Hall–Kier alpha value is -1.43. The average molecular weight is 487 g/mol. The predicted molar refractivity (Wildman–Crippen MR) is 136 cm³/mol. The van der Waals surface area contributed by atoms with Gasteiger partial charge in [-0.15, -0.1) is 0 Å². The van der Waals surface area contributed by atoms with Crippen LogP contribution in [0, 0.1) is 0 Å². The van der Waals surface area contributed by atoms with Crippen molar-refractivity contribution >= 4 is 17.5 Å². The summed E-state index contributed by atoms with van der Waals surface area (Å²) in [6, 6.07) is -2.19. The van der Waals surface area contributed by atoms with Crippen LogP contribution < -0.4 is 33.6 Å². The number of rotatable bonds is 21. The number of carbonyl (C=O) groups is 3. The van der Waals surface area contributed by atoms with Crippen molar-refractivity contribution in [3.8, 4) is 0 Å². The number of hydrogen-bond acceptors (Lipinski definition) is 9. The molecule has 0 spiro atoms. The van der Waals surface area contributed by atoms with Crippen LogP contribution in [0.25, 0.3) is 0 Å². The third-order valence-corrected chi connectivity index (χ3v) is 6.12. The molecule has 0 aliphatic carbocycles. The van der Waals surface area contributed by atoms with Crippen LogP contribution in [0.3, 0.4) is 0 Å². The molecule has 0 rings (SSSR count). The van der Waals surface area contributed by atoms with E-state index in [9.17, 15) is 19.5 Å². The maximum absolute atomic E-state index is 13.6. The summed E-state index contributed by atoms with van der Waals surface area (Å²) in [6.07, 6.45) is 5.73. The molecular weight excluding hydrogens is 436 g/mol. The second kappa shape index (κ2) is 16.3. The Bertz CT molecular complexity index is 627. The molecule has 0 aliphatic heterocycles. The molecule has 10 nitrogen and oxygen atoms in total. The zero-order valence-electron chi connectivity index (χ0n) is 21.7. The number of hydrogen-bond donors (Lipinski definition) is 7. The van der Waals surface area contributed by atoms with Gasteiger partial charge in [-0.25, -0.2) is 0 Å². The van der Waals surface area contributed by atoms with Gasteiger partial charge in [0.25, 0.3) is 0 Å². The van der Waals surface area contributed by atoms with Crippen LogP contribution in [-0.4, -0.2) is 71.5 Å². The first-order valence-electron chi connectivity index (χ1n) is 12.6. The minimum absolute atomic E-state index is 0.169. The highest BCUT2D eigenvalue weighted by Gasteiger charge is 2.41. The Kier molecular flexibility index (Phi) is 15.6. The molecule has 34 heavy (non-hydrogen) atoms. The largest absolute Gasteiger partial charge is 0.480 e. The Balaban J connectivity index is 5.54. The molecule has 0 radical (unpaired) electrons. The zero-order valence-corrected chi connectivity index (χ0v) is 21.7. The molecule has 11 N–H and O–H groups in total. The third kappa shape index (κ3) is 11.8. The number of unbranched alkanes of at least 4 members (excludes halogenated alkanes) is 3. The minimum atomic E-state index is -1.13. The average Bonchev–Trinajstić information content (AvgIpc) is 2.76. The normalized spacial score (nSPS) is 15.1. The standard InChI is InChI=1S/C24H50N6O4/c1-23(2,20(31)17(28)11-5-8-14-25)29-18(12-6-9-15-26)21(32)24(3,4)30-19(22(33)34)13-7-10-16-27/h17-19,29-30H,5-16,25-28H2,1-4H3,(H,33,34). The summed E-state index contributed by atoms with van der Waals surface area (Å²) < 4.78 is 0. The molecule has 0 aromatic heterocycles. The highest BCUT2D eigenvalue weighted by atomic mass is 16.4. The van der Waals surface area contributed by atoms with E-state index in [0.29, 0.717) is 58.2 Å². The van der Waals surface area contributed by atoms with Gasteiger partial charge in [-0.05, 0) is 85.9 Å². The van der Waals surface area contributed by atoms with E-state index in [2.05, 4.69) is 10.6 Å². The topological polar surface area (TPSA) is 200 Å². The molecule has 3 unspecified atom stereocenters. The van der Waals surface area contributed by atoms with Crippen molar-refractivity contribution in [3.63, 3.8) is 0 Å². The van der Waals surface area contributed by atoms with Crippen molar-refractivity contribution in [1.82, 2.24) is 10.6 Å². The SMILES string of the molecule is CC(C)(NC(CCCCN)C(=O)C(C)(C)NC(CCCCN)C(=O)O)C(=O)C(N)CCCCN. The number of nitrogens with two attached hydrogens (primary N) is 4. The molecule has 0 amide bonds. The quantitative estimate of drug-likeness (QED) is 0.111. The van der Waals surface area contributed by atoms with Crippen molar-refractivity contribution < 1.29 is 19.5 Å². The maximum atomic E-state index is 13.6. The second-order valence-electron chi connectivity index (χ2n) is 10.2. The molecule has 200 valence electrons. The van der Waals surface area contributed by atoms with Gasteiger partial charge in [0.05, 0.1) is 23.2 Å². The summed E-state index contributed by atoms with van der Waals surface area (Å²) >= 11 is 0. The summed E-state index contributed by atoms with van der Waals surface area (Å²) in [5.74, 6) is -1.38. The molecule has 0 bridgehead atoms. The number of carboxylic acids is 1. The van der Waals surface area contributed by atoms with Gasteiger partial charge in [0.2, 0.25) is 0 Å². The second-order valence-corrected chi connectivity index (χ2v) is 10.2. The van der Waals surface area contributed by atoms with E-state index in [1.807, 2.05) is 0 Å². The van der Waals surface area contributed by atoms with Gasteiger partial charge in [-0.3, -0.25) is 25.0 Å². The van der Waals surface area contributed by atoms with Crippen LogP contribution in [0.4, 0.5) is 0 Å². The lowest BCUT2D eigenvalue weighted by molar-refractivity contribution is -0.141. The smallest absolute Gasteiger partial charge is 0.320 e. The van der Waals surface area contributed by atoms with Crippen LogP contribution in [0.5, 0.6) is 0 Å². The number of aliphatic carboxylic acids is 1. The summed E-state index contributed by atoms with van der Waals surface area (Å²) in [5.41, 5.74) is 20.7. The van der Waals surface area contributed by atoms with Gasteiger partial charge < -0.3 is 28.0 Å². The summed E-state index contributed by atoms with van der Waals surface area (Å²) in [7, 11) is 0. The molecule has 0 saturated heterocycles. The lowest BCUT2D eigenvalue weighted by atomic mass is 9.85. The van der Waals surface area contributed by atoms with Crippen molar-refractivity contribution in [2.75, 3.05) is 19.6 Å². The molecule has 0 fully saturated rings. The van der Waals surface area contributed by atoms with Gasteiger partial charge in [0.1, 0.15) is 6.04 Å². The molecule has 0 aromatic carbocycles. The van der Waals surface area contributed by atoms with E-state index in [1.165, 1.54) is 0 Å². The lowest BCUT2D eigenvalue weighted by Gasteiger charge is -2.37. The highest BCUT2D eigenvalue weighted by Crippen LogP contribution is 2.19. The van der Waals surface area contributed by atoms with Crippen LogP contribution in [0.2, 0.25) is 0 Å². The van der Waals surface area contributed by atoms with Gasteiger partial charge >= 0.3 is 5.97 Å². The van der Waals surface area contributed by atoms with E-state index < -0.39 is 35.2 Å². The third-order valence-electron chi connectivity index (χ3n) is 6.12. The van der Waals surface area contributed by atoms with Gasteiger partial charge in [0.15, 0.2) is 11.6 Å². The Morgan fingerprint density at radius 3 is 1.50 bits per heavy atom. The molecule has 0 aromatic rings. The van der Waals surface area contributed by atoms with E-state index >= 15 is 0 Å². The number of carbonyl (C=O) groups excluding carboxylic acids is 2. The van der Waals surface area contributed by atoms with Gasteiger partial charge in [-0.1, -0.05) is 19.3 Å². The lowest BCUT2D eigenvalue weighted by Crippen LogP contribution is -2.64. The van der Waals surface area contributed by atoms with Crippen molar-refractivity contribution in [1.29, 1.82) is 0 Å². The number of carboxylic acid groups (broad SMARTS) is 1. The first-order valence-corrected chi connectivity index (χ1v) is 12.6. The van der Waals surface area contributed by atoms with Crippen LogP contribution in [0.1, 0.15) is 85.5 Å². The van der Waals surface area contributed by atoms with Crippen molar-refractivity contribution in [2.24, 2.45) is 22.9 Å². The van der Waals surface area contributed by atoms with Crippen LogP contribution in [-0.2, 0) is 14.4 Å². The fraction of sp³-hybridized carbons (Fsp3) is 0.875. The Morgan fingerprint density at radius 2 is 1.06 bits per heavy atom. The minimum Gasteiger partial charge on any atom is -0.480 e. The predicted octanol–water partition coefficient (Wildman–Crippen LogP) is 0.397. The summed E-state index contributed by atoms with van der Waals surface area (Å²) in [4.78, 5) is 38.4. The van der Waals surface area contributed by atoms with Crippen LogP contribution >= 0.6 is 0 Å². The van der Waals surface area contributed by atoms with Crippen molar-refractivity contribution in [3.05, 3.63) is 0 Å². The number of ketones is 2. The number of Topliss-reactive ketones (excluding diaryl/α,β-unsaturated/α-hetero) is 2. The zero-order chi connectivity index (χ0) is 26.4. The monoisotopic (exact) mass is 486 g/mol. The molecule has 0 saturated carbocycles. The van der Waals surface area contributed by atoms with E-state index in [-0.39, 0.29) is 11.6 Å². The maximum Gasteiger partial charge on any atom is 0.320 e. The first-order chi connectivity index (χ1) is 15.8. The van der Waals surface area contributed by atoms with Gasteiger partial charge in [0, 0.05) is 0 Å². The van der Waals surface area contributed by atoms with E-state index in [4.69, 9.17) is 22.9 Å². The van der Waals surface area contributed by atoms with E-state index in [1.54, 1.807) is 27.7 Å². The molecule has 3 atom stereocenters. The fourth-order valence-corrected chi connectivity index (χ4v) is 4.06. The van der Waals surface area contributed by atoms with Crippen LogP contribution in [0.15, 0.2) is 0 Å². The summed E-state index contributed by atoms with van der Waals surface area (Å²) in [5, 5.41) is 15.9. The van der Waals surface area contributed by atoms with Gasteiger partial charge in [-0.2, -0.15) is 0 Å². The molecule has 0 heterocycles. The molecular formula is C24H50N6O4.